The van der Waals surface area contributed by atoms with Crippen LogP contribution >= 0.6 is 11.9 Å². The van der Waals surface area contributed by atoms with Gasteiger partial charge in [-0.3, -0.25) is 0 Å². The van der Waals surface area contributed by atoms with E-state index in [1.807, 2.05) is 6.07 Å². The molecule has 1 aromatic rings. The lowest BCUT2D eigenvalue weighted by Crippen LogP contribution is -2.27. The largest absolute Gasteiger partial charge is 0.434 e. The van der Waals surface area contributed by atoms with E-state index in [9.17, 15) is 10.1 Å². The molecule has 0 unspecified atom stereocenters. The Kier molecular flexibility index (Phi) is 3.01. The zero-order chi connectivity index (χ0) is 11.4. The monoisotopic (exact) mass is 238 g/mol. The molecule has 0 aliphatic carbocycles. The third-order valence-electron chi connectivity index (χ3n) is 1.64. The minimum atomic E-state index is -0.710. The third-order valence-corrected chi connectivity index (χ3v) is 2.11. The molecule has 7 nitrogen and oxygen atoms in total. The quantitative estimate of drug-likeness (QED) is 0.458. The Bertz CT molecular complexity index is 448. The van der Waals surface area contributed by atoms with E-state index in [4.69, 9.17) is 4.74 Å². The van der Waals surface area contributed by atoms with E-state index >= 15 is 0 Å². The summed E-state index contributed by atoms with van der Waals surface area (Å²) in [6.07, 6.45) is 0. The van der Waals surface area contributed by atoms with Gasteiger partial charge in [0.2, 0.25) is 0 Å². The summed E-state index contributed by atoms with van der Waals surface area (Å²) in [5.41, 5.74) is 0. The second-order valence-electron chi connectivity index (χ2n) is 2.67. The summed E-state index contributed by atoms with van der Waals surface area (Å²) in [5.74, 6) is 0.509. The van der Waals surface area contributed by atoms with Gasteiger partial charge in [-0.2, -0.15) is 0 Å². The number of hydrogen-bond acceptors (Lipinski definition) is 6. The average molecular weight is 238 g/mol. The fourth-order valence-electron chi connectivity index (χ4n) is 1.00. The van der Waals surface area contributed by atoms with Crippen LogP contribution in [-0.4, -0.2) is 10.2 Å². The van der Waals surface area contributed by atoms with Crippen LogP contribution in [0.25, 0.3) is 0 Å². The first-order valence-electron chi connectivity index (χ1n) is 4.21. The maximum atomic E-state index is 10.6. The average Bonchev–Trinajstić information content (AvgIpc) is 2.31. The molecule has 1 heterocycles. The van der Waals surface area contributed by atoms with Crippen molar-refractivity contribution in [2.24, 2.45) is 9.74 Å². The minimum Gasteiger partial charge on any atom is -0.434 e. The van der Waals surface area contributed by atoms with Crippen LogP contribution in [0.3, 0.4) is 0 Å². The Morgan fingerprint density at radius 1 is 1.38 bits per heavy atom. The highest BCUT2D eigenvalue weighted by molar-refractivity contribution is 8.00. The van der Waals surface area contributed by atoms with Crippen molar-refractivity contribution >= 4 is 11.9 Å². The van der Waals surface area contributed by atoms with E-state index < -0.39 is 5.03 Å². The fraction of sp³-hybridized carbons (Fsp3) is 0. The summed E-state index contributed by atoms with van der Waals surface area (Å²) in [6.45, 7) is 0. The number of nitro groups is 1. The van der Waals surface area contributed by atoms with Crippen LogP contribution in [0.15, 0.2) is 51.4 Å². The molecule has 8 heteroatoms. The first kappa shape index (κ1) is 10.4. The Hall–Kier alpha value is -2.09. The standard InChI is InChI=1S/C8H6N4O3S/c13-12(14)11-8(6-16-10-9-11)15-7-4-2-1-3-5-7/h1-6H. The molecule has 0 aromatic heterocycles. The maximum Gasteiger partial charge on any atom is 0.296 e. The molecule has 0 N–H and O–H groups in total. The zero-order valence-corrected chi connectivity index (χ0v) is 8.70. The molecule has 0 saturated heterocycles. The number of para-hydroxylation sites is 1. The molecule has 0 spiro atoms. The molecule has 0 fully saturated rings. The van der Waals surface area contributed by atoms with E-state index in [2.05, 4.69) is 9.74 Å². The van der Waals surface area contributed by atoms with Gasteiger partial charge in [0.15, 0.2) is 5.22 Å². The summed E-state index contributed by atoms with van der Waals surface area (Å²) in [4.78, 5) is 10.6. The summed E-state index contributed by atoms with van der Waals surface area (Å²) in [7, 11) is 0. The van der Waals surface area contributed by atoms with Crippen LogP contribution in [0.5, 0.6) is 5.75 Å². The zero-order valence-electron chi connectivity index (χ0n) is 7.89. The van der Waals surface area contributed by atoms with Crippen LogP contribution in [0, 0.1) is 10.1 Å². The Balaban J connectivity index is 2.15. The van der Waals surface area contributed by atoms with E-state index in [1.54, 1.807) is 24.3 Å². The molecule has 1 aliphatic heterocycles. The molecule has 16 heavy (non-hydrogen) atoms. The lowest BCUT2D eigenvalue weighted by atomic mass is 10.3. The molecule has 1 aliphatic rings. The molecular weight excluding hydrogens is 232 g/mol. The summed E-state index contributed by atoms with van der Waals surface area (Å²) in [5, 5.41) is 15.1. The highest BCUT2D eigenvalue weighted by Crippen LogP contribution is 2.23. The van der Waals surface area contributed by atoms with Crippen molar-refractivity contribution in [3.05, 3.63) is 51.7 Å². The van der Waals surface area contributed by atoms with E-state index in [0.717, 1.165) is 11.9 Å². The third kappa shape index (κ3) is 2.28. The number of nitrogens with zero attached hydrogens (tertiary/aromatic N) is 4. The molecule has 1 aromatic carbocycles. The van der Waals surface area contributed by atoms with Gasteiger partial charge in [-0.25, -0.2) is 0 Å². The molecule has 0 radical (unpaired) electrons. The van der Waals surface area contributed by atoms with Gasteiger partial charge in [-0.1, -0.05) is 18.2 Å². The predicted molar refractivity (Wildman–Crippen MR) is 56.4 cm³/mol. The Labute approximate surface area is 94.6 Å². The summed E-state index contributed by atoms with van der Waals surface area (Å²) >= 11 is 0.969. The Morgan fingerprint density at radius 3 is 2.81 bits per heavy atom. The second kappa shape index (κ2) is 4.62. The summed E-state index contributed by atoms with van der Waals surface area (Å²) in [6, 6.07) is 8.74. The molecule has 0 amide bonds. The van der Waals surface area contributed by atoms with Gasteiger partial charge in [-0.05, 0) is 12.1 Å². The topological polar surface area (TPSA) is 80.3 Å². The van der Waals surface area contributed by atoms with Crippen molar-refractivity contribution < 1.29 is 9.77 Å². The first-order valence-corrected chi connectivity index (χ1v) is 5.05. The van der Waals surface area contributed by atoms with Crippen molar-refractivity contribution in [1.82, 2.24) is 5.12 Å². The minimum absolute atomic E-state index is 0.0104. The van der Waals surface area contributed by atoms with Gasteiger partial charge in [0, 0.05) is 4.52 Å². The number of hydrogen-bond donors (Lipinski definition) is 0. The van der Waals surface area contributed by atoms with Crippen molar-refractivity contribution in [2.45, 2.75) is 0 Å². The van der Waals surface area contributed by atoms with Gasteiger partial charge in [-0.15, -0.1) is 0 Å². The molecule has 0 atom stereocenters. The van der Waals surface area contributed by atoms with Crippen molar-refractivity contribution in [3.8, 4) is 5.75 Å². The fourth-order valence-corrected chi connectivity index (χ4v) is 1.39. The molecule has 82 valence electrons. The maximum absolute atomic E-state index is 10.6. The SMILES string of the molecule is O=[N+]([O-])N1N=NSC=C1Oc1ccccc1. The smallest absolute Gasteiger partial charge is 0.296 e. The van der Waals surface area contributed by atoms with Crippen LogP contribution in [0.2, 0.25) is 0 Å². The second-order valence-corrected chi connectivity index (χ2v) is 3.28. The highest BCUT2D eigenvalue weighted by atomic mass is 32.2. The normalized spacial score (nSPS) is 14.5. The van der Waals surface area contributed by atoms with E-state index in [1.165, 1.54) is 5.41 Å². The predicted octanol–water partition coefficient (Wildman–Crippen LogP) is 2.39. The van der Waals surface area contributed by atoms with Crippen LogP contribution < -0.4 is 4.74 Å². The molecule has 2 rings (SSSR count). The number of rotatable bonds is 3. The number of ether oxygens (including phenoxy) is 1. The Morgan fingerprint density at radius 2 is 2.12 bits per heavy atom. The van der Waals surface area contributed by atoms with Crippen LogP contribution in [0.4, 0.5) is 0 Å². The van der Waals surface area contributed by atoms with Gasteiger partial charge in [0.1, 0.15) is 5.75 Å². The lowest BCUT2D eigenvalue weighted by molar-refractivity contribution is -0.652. The van der Waals surface area contributed by atoms with E-state index in [0.29, 0.717) is 10.9 Å². The molecular formula is C8H6N4O3S. The van der Waals surface area contributed by atoms with Crippen molar-refractivity contribution in [3.63, 3.8) is 0 Å². The van der Waals surface area contributed by atoms with Crippen LogP contribution in [-0.2, 0) is 0 Å². The van der Waals surface area contributed by atoms with Gasteiger partial charge in [0.05, 0.1) is 27.5 Å². The van der Waals surface area contributed by atoms with E-state index in [-0.39, 0.29) is 5.88 Å². The first-order chi connectivity index (χ1) is 7.77. The van der Waals surface area contributed by atoms with Crippen LogP contribution in [0.1, 0.15) is 0 Å². The number of benzene rings is 1. The molecule has 0 bridgehead atoms. The van der Waals surface area contributed by atoms with Gasteiger partial charge in [0.25, 0.3) is 5.88 Å². The lowest BCUT2D eigenvalue weighted by Gasteiger charge is -2.12. The van der Waals surface area contributed by atoms with Gasteiger partial charge < -0.3 is 14.9 Å². The molecule has 0 saturated carbocycles. The van der Waals surface area contributed by atoms with Crippen molar-refractivity contribution in [2.75, 3.05) is 0 Å². The summed E-state index contributed by atoms with van der Waals surface area (Å²) < 4.78 is 8.74. The van der Waals surface area contributed by atoms with Gasteiger partial charge >= 0.3 is 0 Å². The number of hydrazine groups is 1. The van der Waals surface area contributed by atoms with Crippen molar-refractivity contribution in [1.29, 1.82) is 0 Å². The highest BCUT2D eigenvalue weighted by Gasteiger charge is 2.26.